The number of aryl methyl sites for hydroxylation is 1. The molecule has 1 fully saturated rings. The van der Waals surface area contributed by atoms with Crippen LogP contribution < -0.4 is 10.6 Å². The Balaban J connectivity index is 1.58. The van der Waals surface area contributed by atoms with Crippen LogP contribution in [0.25, 0.3) is 0 Å². The van der Waals surface area contributed by atoms with E-state index in [2.05, 4.69) is 61.4 Å². The summed E-state index contributed by atoms with van der Waals surface area (Å²) < 4.78 is 0. The molecule has 0 saturated carbocycles. The zero-order valence-corrected chi connectivity index (χ0v) is 20.7. The summed E-state index contributed by atoms with van der Waals surface area (Å²) in [5.41, 5.74) is 2.16. The van der Waals surface area contributed by atoms with Gasteiger partial charge in [-0.3, -0.25) is 14.8 Å². The van der Waals surface area contributed by atoms with Crippen molar-refractivity contribution in [1.82, 2.24) is 25.1 Å². The third-order valence-electron chi connectivity index (χ3n) is 5.48. The van der Waals surface area contributed by atoms with Gasteiger partial charge in [0, 0.05) is 47.9 Å². The van der Waals surface area contributed by atoms with E-state index >= 15 is 0 Å². The van der Waals surface area contributed by atoms with Gasteiger partial charge in [0.2, 0.25) is 5.91 Å². The summed E-state index contributed by atoms with van der Waals surface area (Å²) in [7, 11) is 0. The van der Waals surface area contributed by atoms with Crippen LogP contribution in [-0.2, 0) is 4.79 Å². The second-order valence-electron chi connectivity index (χ2n) is 8.66. The van der Waals surface area contributed by atoms with E-state index in [0.717, 1.165) is 29.4 Å². The molecule has 8 nitrogen and oxygen atoms in total. The van der Waals surface area contributed by atoms with Crippen LogP contribution in [0.5, 0.6) is 0 Å². The average Bonchev–Trinajstić information content (AvgIpc) is 3.16. The largest absolute Gasteiger partial charge is 0.326 e. The topological polar surface area (TPSA) is 98.8 Å². The lowest BCUT2D eigenvalue weighted by atomic mass is 9.99. The first-order valence-corrected chi connectivity index (χ1v) is 12.2. The molecule has 1 amide bonds. The molecule has 1 aliphatic heterocycles. The van der Waals surface area contributed by atoms with Crippen molar-refractivity contribution in [2.75, 3.05) is 23.7 Å². The molecule has 3 N–H and O–H groups in total. The first kappa shape index (κ1) is 23.8. The molecule has 0 aliphatic carbocycles. The number of likely N-dealkylation sites (tertiary alicyclic amines) is 1. The number of anilines is 3. The average molecular weight is 476 g/mol. The van der Waals surface area contributed by atoms with E-state index in [9.17, 15) is 4.79 Å². The maximum Gasteiger partial charge on any atom is 0.224 e. The molecule has 0 atom stereocenters. The number of amides is 1. The van der Waals surface area contributed by atoms with Crippen LogP contribution in [0.4, 0.5) is 17.3 Å². The number of aromatic amines is 1. The van der Waals surface area contributed by atoms with Crippen molar-refractivity contribution in [3.8, 4) is 11.8 Å². The molecule has 1 saturated heterocycles. The van der Waals surface area contributed by atoms with Gasteiger partial charge in [0.05, 0.1) is 5.54 Å². The van der Waals surface area contributed by atoms with E-state index in [1.54, 1.807) is 0 Å². The summed E-state index contributed by atoms with van der Waals surface area (Å²) in [6, 6.07) is 11.4. The van der Waals surface area contributed by atoms with Gasteiger partial charge in [-0.2, -0.15) is 5.10 Å². The Morgan fingerprint density at radius 2 is 1.94 bits per heavy atom. The highest BCUT2D eigenvalue weighted by atomic mass is 32.2. The molecule has 3 aromatic rings. The van der Waals surface area contributed by atoms with E-state index in [4.69, 9.17) is 0 Å². The summed E-state index contributed by atoms with van der Waals surface area (Å²) in [6.07, 6.45) is 1.66. The molecular formula is C25H29N7OS. The van der Waals surface area contributed by atoms with Crippen molar-refractivity contribution in [1.29, 1.82) is 0 Å². The van der Waals surface area contributed by atoms with Gasteiger partial charge in [0.1, 0.15) is 11.5 Å². The first-order chi connectivity index (χ1) is 16.3. The van der Waals surface area contributed by atoms with Crippen LogP contribution in [-0.4, -0.2) is 49.6 Å². The number of rotatable bonds is 7. The number of carbonyl (C=O) groups is 1. The Morgan fingerprint density at radius 1 is 1.18 bits per heavy atom. The molecule has 176 valence electrons. The molecule has 0 radical (unpaired) electrons. The molecular weight excluding hydrogens is 446 g/mol. The summed E-state index contributed by atoms with van der Waals surface area (Å²) in [6.45, 7) is 10.2. The highest BCUT2D eigenvalue weighted by molar-refractivity contribution is 7.99. The van der Waals surface area contributed by atoms with Gasteiger partial charge in [0.25, 0.3) is 0 Å². The molecule has 0 unspecified atom stereocenters. The lowest BCUT2D eigenvalue weighted by Crippen LogP contribution is -2.50. The number of hydrogen-bond acceptors (Lipinski definition) is 7. The quantitative estimate of drug-likeness (QED) is 0.340. The Labute approximate surface area is 204 Å². The molecule has 1 aliphatic rings. The minimum atomic E-state index is -0.206. The molecule has 2 aromatic heterocycles. The number of nitrogens with one attached hydrogen (secondary N) is 3. The molecule has 34 heavy (non-hydrogen) atoms. The lowest BCUT2D eigenvalue weighted by Gasteiger charge is -2.41. The van der Waals surface area contributed by atoms with Gasteiger partial charge in [-0.1, -0.05) is 12.8 Å². The monoisotopic (exact) mass is 475 g/mol. The van der Waals surface area contributed by atoms with E-state index in [-0.39, 0.29) is 11.4 Å². The number of H-pyrrole nitrogens is 1. The molecule has 0 spiro atoms. The molecule has 4 rings (SSSR count). The van der Waals surface area contributed by atoms with Crippen molar-refractivity contribution < 1.29 is 4.79 Å². The Kier molecular flexibility index (Phi) is 7.20. The lowest BCUT2D eigenvalue weighted by molar-refractivity contribution is -0.115. The van der Waals surface area contributed by atoms with Gasteiger partial charge in [-0.25, -0.2) is 9.97 Å². The standard InChI is InChI=1S/C25H29N7OS/c1-5-23(33)26-18-7-9-20(10-8-18)34-24-27-19(11-12-25(3,4)32-13-6-14-32)16-21(29-24)28-22-15-17(2)30-31-22/h7-10,15-16H,5-6,13-14H2,1-4H3,(H,26,33)(H2,27,28,29,30,31). The van der Waals surface area contributed by atoms with Gasteiger partial charge in [0.15, 0.2) is 11.0 Å². The van der Waals surface area contributed by atoms with Crippen LogP contribution in [0.1, 0.15) is 45.0 Å². The fourth-order valence-electron chi connectivity index (χ4n) is 3.34. The van der Waals surface area contributed by atoms with Gasteiger partial charge < -0.3 is 10.6 Å². The van der Waals surface area contributed by atoms with E-state index < -0.39 is 0 Å². The number of benzene rings is 1. The maximum atomic E-state index is 11.6. The molecule has 0 bridgehead atoms. The van der Waals surface area contributed by atoms with E-state index in [0.29, 0.717) is 28.9 Å². The van der Waals surface area contributed by atoms with Crippen molar-refractivity contribution >= 4 is 35.0 Å². The Morgan fingerprint density at radius 3 is 2.56 bits per heavy atom. The Bertz CT molecular complexity index is 1220. The predicted octanol–water partition coefficient (Wildman–Crippen LogP) is 4.59. The second-order valence-corrected chi connectivity index (χ2v) is 9.70. The number of nitrogens with zero attached hydrogens (tertiary/aromatic N) is 4. The molecule has 1 aromatic carbocycles. The third kappa shape index (κ3) is 6.16. The molecule has 3 heterocycles. The molecule has 9 heteroatoms. The predicted molar refractivity (Wildman–Crippen MR) is 135 cm³/mol. The number of aromatic nitrogens is 4. The smallest absolute Gasteiger partial charge is 0.224 e. The minimum Gasteiger partial charge on any atom is -0.326 e. The van der Waals surface area contributed by atoms with Gasteiger partial charge >= 0.3 is 0 Å². The van der Waals surface area contributed by atoms with Crippen LogP contribution in [0.3, 0.4) is 0 Å². The van der Waals surface area contributed by atoms with Crippen molar-refractivity contribution in [3.63, 3.8) is 0 Å². The first-order valence-electron chi connectivity index (χ1n) is 11.3. The zero-order valence-electron chi connectivity index (χ0n) is 19.9. The summed E-state index contributed by atoms with van der Waals surface area (Å²) in [5, 5.41) is 13.8. The minimum absolute atomic E-state index is 0.0134. The fourth-order valence-corrected chi connectivity index (χ4v) is 4.12. The van der Waals surface area contributed by atoms with Crippen LogP contribution >= 0.6 is 11.8 Å². The number of carbonyl (C=O) groups excluding carboxylic acids is 1. The van der Waals surface area contributed by atoms with Crippen LogP contribution in [0, 0.1) is 18.8 Å². The zero-order chi connectivity index (χ0) is 24.1. The van der Waals surface area contributed by atoms with Crippen LogP contribution in [0.2, 0.25) is 0 Å². The maximum absolute atomic E-state index is 11.6. The normalized spacial score (nSPS) is 13.5. The Hall–Kier alpha value is -3.35. The highest BCUT2D eigenvalue weighted by Gasteiger charge is 2.29. The van der Waals surface area contributed by atoms with E-state index in [1.807, 2.05) is 50.2 Å². The fraction of sp³-hybridized carbons (Fsp3) is 0.360. The van der Waals surface area contributed by atoms with Gasteiger partial charge in [-0.05, 0) is 69.1 Å². The highest BCUT2D eigenvalue weighted by Crippen LogP contribution is 2.28. The summed E-state index contributed by atoms with van der Waals surface area (Å²) >= 11 is 1.44. The van der Waals surface area contributed by atoms with Gasteiger partial charge in [-0.15, -0.1) is 0 Å². The van der Waals surface area contributed by atoms with E-state index in [1.165, 1.54) is 18.2 Å². The third-order valence-corrected chi connectivity index (χ3v) is 6.35. The SMILES string of the molecule is CCC(=O)Nc1ccc(Sc2nc(C#CC(C)(C)N3CCC3)cc(Nc3cc(C)[nH]n3)n2)cc1. The number of hydrogen-bond donors (Lipinski definition) is 3. The summed E-state index contributed by atoms with van der Waals surface area (Å²) in [5.74, 6) is 7.93. The summed E-state index contributed by atoms with van der Waals surface area (Å²) in [4.78, 5) is 24.3. The van der Waals surface area contributed by atoms with Crippen molar-refractivity contribution in [3.05, 3.63) is 47.8 Å². The van der Waals surface area contributed by atoms with Crippen LogP contribution in [0.15, 0.2) is 46.5 Å². The van der Waals surface area contributed by atoms with Crippen molar-refractivity contribution in [2.24, 2.45) is 0 Å². The second kappa shape index (κ2) is 10.3. The van der Waals surface area contributed by atoms with Crippen molar-refractivity contribution in [2.45, 2.75) is 56.1 Å².